The Morgan fingerprint density at radius 3 is 2.57 bits per heavy atom. The summed E-state index contributed by atoms with van der Waals surface area (Å²) in [5, 5.41) is 2.99. The number of amides is 1. The Morgan fingerprint density at radius 2 is 1.96 bits per heavy atom. The van der Waals surface area contributed by atoms with E-state index in [4.69, 9.17) is 0 Å². The van der Waals surface area contributed by atoms with Crippen molar-refractivity contribution < 1.29 is 4.79 Å². The zero-order valence-corrected chi connectivity index (χ0v) is 13.8. The molecule has 2 rings (SSSR count). The van der Waals surface area contributed by atoms with Gasteiger partial charge >= 0.3 is 5.69 Å². The molecule has 0 radical (unpaired) electrons. The summed E-state index contributed by atoms with van der Waals surface area (Å²) in [5.41, 5.74) is 2.95. The van der Waals surface area contributed by atoms with Gasteiger partial charge in [0.2, 0.25) is 5.91 Å². The fourth-order valence-electron chi connectivity index (χ4n) is 2.70. The first-order valence-electron chi connectivity index (χ1n) is 7.89. The van der Waals surface area contributed by atoms with Crippen LogP contribution in [0.15, 0.2) is 35.1 Å². The van der Waals surface area contributed by atoms with Crippen LogP contribution in [0.3, 0.4) is 0 Å². The molecule has 1 aromatic carbocycles. The van der Waals surface area contributed by atoms with E-state index in [0.717, 1.165) is 12.0 Å². The topological polar surface area (TPSA) is 74.8 Å². The van der Waals surface area contributed by atoms with Gasteiger partial charge in [-0.3, -0.25) is 4.79 Å². The van der Waals surface area contributed by atoms with Crippen LogP contribution in [0, 0.1) is 13.8 Å². The van der Waals surface area contributed by atoms with E-state index in [1.807, 2.05) is 18.2 Å². The normalized spacial score (nSPS) is 12.0. The molecule has 1 atom stereocenters. The molecule has 0 aliphatic heterocycles. The van der Waals surface area contributed by atoms with E-state index in [-0.39, 0.29) is 18.0 Å². The van der Waals surface area contributed by atoms with Crippen LogP contribution in [-0.2, 0) is 11.2 Å². The maximum atomic E-state index is 12.2. The van der Waals surface area contributed by atoms with Crippen LogP contribution in [0.5, 0.6) is 0 Å². The third-order valence-electron chi connectivity index (χ3n) is 4.10. The van der Waals surface area contributed by atoms with Crippen molar-refractivity contribution in [3.8, 4) is 0 Å². The molecule has 1 amide bonds. The molecular formula is C18H23N3O2. The number of nitrogens with zero attached hydrogens (tertiary/aromatic N) is 1. The summed E-state index contributed by atoms with van der Waals surface area (Å²) in [6.07, 6.45) is 1.19. The molecule has 0 saturated carbocycles. The highest BCUT2D eigenvalue weighted by Gasteiger charge is 2.14. The maximum absolute atomic E-state index is 12.2. The van der Waals surface area contributed by atoms with Gasteiger partial charge in [0, 0.05) is 29.4 Å². The lowest BCUT2D eigenvalue weighted by Gasteiger charge is -2.16. The number of hydrogen-bond donors (Lipinski definition) is 2. The molecule has 5 nitrogen and oxygen atoms in total. The largest absolute Gasteiger partial charge is 0.355 e. The Labute approximate surface area is 136 Å². The standard InChI is InChI=1S/C18H23N3O2/c1-4-14(15-8-6-5-7-9-15)11-19-17(22)10-16-12(2)20-18(23)21-13(16)3/h5-9,14H,4,10-11H2,1-3H3,(H,19,22)(H,20,21,23)/t14-/m1/s1. The van der Waals surface area contributed by atoms with Crippen LogP contribution in [0.4, 0.5) is 0 Å². The van der Waals surface area contributed by atoms with Crippen molar-refractivity contribution in [2.75, 3.05) is 6.54 Å². The lowest BCUT2D eigenvalue weighted by molar-refractivity contribution is -0.120. The van der Waals surface area contributed by atoms with Crippen LogP contribution >= 0.6 is 0 Å². The van der Waals surface area contributed by atoms with Gasteiger partial charge in [0.25, 0.3) is 0 Å². The molecule has 0 unspecified atom stereocenters. The lowest BCUT2D eigenvalue weighted by Crippen LogP contribution is -2.30. The zero-order valence-electron chi connectivity index (χ0n) is 13.8. The van der Waals surface area contributed by atoms with E-state index in [1.165, 1.54) is 5.56 Å². The number of aryl methyl sites for hydroxylation is 2. The van der Waals surface area contributed by atoms with E-state index in [1.54, 1.807) is 13.8 Å². The third-order valence-corrected chi connectivity index (χ3v) is 4.10. The Hall–Kier alpha value is -2.43. The highest BCUT2D eigenvalue weighted by molar-refractivity contribution is 5.79. The molecule has 1 heterocycles. The number of aromatic nitrogens is 2. The van der Waals surface area contributed by atoms with Gasteiger partial charge in [0.05, 0.1) is 6.42 Å². The van der Waals surface area contributed by atoms with Gasteiger partial charge in [-0.15, -0.1) is 0 Å². The first-order valence-corrected chi connectivity index (χ1v) is 7.89. The highest BCUT2D eigenvalue weighted by atomic mass is 16.1. The number of hydrogen-bond acceptors (Lipinski definition) is 3. The first kappa shape index (κ1) is 16.9. The Morgan fingerprint density at radius 1 is 1.26 bits per heavy atom. The molecule has 0 spiro atoms. The molecule has 23 heavy (non-hydrogen) atoms. The van der Waals surface area contributed by atoms with Gasteiger partial charge < -0.3 is 10.3 Å². The van der Waals surface area contributed by atoms with Crippen LogP contribution in [-0.4, -0.2) is 22.4 Å². The van der Waals surface area contributed by atoms with Crippen molar-refractivity contribution >= 4 is 5.91 Å². The molecule has 5 heteroatoms. The fraction of sp³-hybridized carbons (Fsp3) is 0.389. The van der Waals surface area contributed by atoms with Crippen molar-refractivity contribution in [1.29, 1.82) is 0 Å². The van der Waals surface area contributed by atoms with Gasteiger partial charge in [0.15, 0.2) is 0 Å². The number of carbonyl (C=O) groups is 1. The van der Waals surface area contributed by atoms with E-state index in [0.29, 0.717) is 23.9 Å². The zero-order chi connectivity index (χ0) is 16.8. The molecule has 2 N–H and O–H groups in total. The van der Waals surface area contributed by atoms with Gasteiger partial charge in [-0.1, -0.05) is 37.3 Å². The average molecular weight is 313 g/mol. The first-order chi connectivity index (χ1) is 11.0. The predicted octanol–water partition coefficient (Wildman–Crippen LogP) is 2.24. The molecule has 0 saturated heterocycles. The average Bonchev–Trinajstić information content (AvgIpc) is 2.52. The number of nitrogens with one attached hydrogen (secondary N) is 2. The number of benzene rings is 1. The summed E-state index contributed by atoms with van der Waals surface area (Å²) in [6.45, 7) is 6.26. The van der Waals surface area contributed by atoms with E-state index >= 15 is 0 Å². The molecule has 2 aromatic rings. The minimum atomic E-state index is -0.376. The van der Waals surface area contributed by atoms with Crippen molar-refractivity contribution in [3.05, 3.63) is 63.3 Å². The third kappa shape index (κ3) is 4.52. The quantitative estimate of drug-likeness (QED) is 0.859. The van der Waals surface area contributed by atoms with Crippen LogP contribution in [0.25, 0.3) is 0 Å². The Bertz CT molecular complexity index is 697. The highest BCUT2D eigenvalue weighted by Crippen LogP contribution is 2.18. The smallest absolute Gasteiger partial charge is 0.345 e. The number of aromatic amines is 1. The van der Waals surface area contributed by atoms with E-state index < -0.39 is 0 Å². The fourth-order valence-corrected chi connectivity index (χ4v) is 2.70. The number of carbonyl (C=O) groups excluding carboxylic acids is 1. The van der Waals surface area contributed by atoms with Crippen molar-refractivity contribution in [2.24, 2.45) is 0 Å². The van der Waals surface area contributed by atoms with E-state index in [9.17, 15) is 9.59 Å². The van der Waals surface area contributed by atoms with Gasteiger partial charge in [-0.2, -0.15) is 4.98 Å². The Balaban J connectivity index is 1.99. The van der Waals surface area contributed by atoms with Crippen LogP contribution < -0.4 is 11.0 Å². The van der Waals surface area contributed by atoms with Crippen LogP contribution in [0.2, 0.25) is 0 Å². The molecule has 122 valence electrons. The molecule has 1 aromatic heterocycles. The van der Waals surface area contributed by atoms with Crippen molar-refractivity contribution in [1.82, 2.24) is 15.3 Å². The lowest BCUT2D eigenvalue weighted by atomic mass is 9.96. The summed E-state index contributed by atoms with van der Waals surface area (Å²) >= 11 is 0. The number of rotatable bonds is 6. The van der Waals surface area contributed by atoms with E-state index in [2.05, 4.69) is 34.3 Å². The second-order valence-electron chi connectivity index (χ2n) is 5.73. The second kappa shape index (κ2) is 7.72. The Kier molecular flexibility index (Phi) is 5.68. The van der Waals surface area contributed by atoms with Crippen LogP contribution in [0.1, 0.15) is 41.8 Å². The van der Waals surface area contributed by atoms with Gasteiger partial charge in [-0.05, 0) is 25.8 Å². The molecule has 0 aliphatic carbocycles. The van der Waals surface area contributed by atoms with Gasteiger partial charge in [-0.25, -0.2) is 4.79 Å². The summed E-state index contributed by atoms with van der Waals surface area (Å²) < 4.78 is 0. The predicted molar refractivity (Wildman–Crippen MR) is 90.5 cm³/mol. The molecule has 0 bridgehead atoms. The summed E-state index contributed by atoms with van der Waals surface area (Å²) in [6, 6.07) is 10.2. The second-order valence-corrected chi connectivity index (χ2v) is 5.73. The molecular weight excluding hydrogens is 290 g/mol. The maximum Gasteiger partial charge on any atom is 0.345 e. The van der Waals surface area contributed by atoms with Crippen molar-refractivity contribution in [3.63, 3.8) is 0 Å². The number of H-pyrrole nitrogens is 1. The van der Waals surface area contributed by atoms with Crippen molar-refractivity contribution in [2.45, 2.75) is 39.5 Å². The minimum absolute atomic E-state index is 0.0561. The minimum Gasteiger partial charge on any atom is -0.355 e. The van der Waals surface area contributed by atoms with Gasteiger partial charge in [0.1, 0.15) is 0 Å². The SMILES string of the molecule is CC[C@H](CNC(=O)Cc1c(C)nc(=O)[nH]c1C)c1ccccc1. The molecule has 0 aliphatic rings. The molecule has 0 fully saturated rings. The summed E-state index contributed by atoms with van der Waals surface area (Å²) in [5.74, 6) is 0.246. The summed E-state index contributed by atoms with van der Waals surface area (Å²) in [7, 11) is 0. The summed E-state index contributed by atoms with van der Waals surface area (Å²) in [4.78, 5) is 30.0. The monoisotopic (exact) mass is 313 g/mol.